The van der Waals surface area contributed by atoms with Gasteiger partial charge in [0.25, 0.3) is 0 Å². The molecular weight excluding hydrogens is 213 g/mol. The molecule has 0 aliphatic heterocycles. The molecule has 0 radical (unpaired) electrons. The molecule has 0 heterocycles. The van der Waals surface area contributed by atoms with Gasteiger partial charge >= 0.3 is 0 Å². The number of nitrogens with two attached hydrogens (primary N) is 1. The van der Waals surface area contributed by atoms with Crippen LogP contribution in [0.5, 0.6) is 0 Å². The van der Waals surface area contributed by atoms with Crippen molar-refractivity contribution in [1.82, 2.24) is 0 Å². The van der Waals surface area contributed by atoms with E-state index in [1.165, 1.54) is 5.56 Å². The summed E-state index contributed by atoms with van der Waals surface area (Å²) in [4.78, 5) is 0. The number of benzene rings is 2. The zero-order valence-corrected chi connectivity index (χ0v) is 9.91. The Labute approximate surface area is 101 Å². The summed E-state index contributed by atoms with van der Waals surface area (Å²) < 4.78 is 13.6. The van der Waals surface area contributed by atoms with Crippen molar-refractivity contribution in [2.75, 3.05) is 0 Å². The van der Waals surface area contributed by atoms with E-state index in [0.29, 0.717) is 5.56 Å². The Morgan fingerprint density at radius 2 is 1.82 bits per heavy atom. The van der Waals surface area contributed by atoms with E-state index in [9.17, 15) is 4.39 Å². The molecule has 0 aliphatic carbocycles. The second-order valence-corrected chi connectivity index (χ2v) is 4.06. The van der Waals surface area contributed by atoms with E-state index >= 15 is 0 Å². The van der Waals surface area contributed by atoms with Crippen molar-refractivity contribution < 1.29 is 4.39 Å². The average molecular weight is 229 g/mol. The lowest BCUT2D eigenvalue weighted by atomic mass is 10.0. The number of rotatable bonds is 3. The van der Waals surface area contributed by atoms with Gasteiger partial charge in [-0.15, -0.1) is 0 Å². The lowest BCUT2D eigenvalue weighted by Crippen LogP contribution is -1.99. The topological polar surface area (TPSA) is 26.0 Å². The molecule has 0 atom stereocenters. The van der Waals surface area contributed by atoms with Gasteiger partial charge in [0.15, 0.2) is 0 Å². The Balaban J connectivity index is 2.42. The van der Waals surface area contributed by atoms with Crippen LogP contribution in [0.15, 0.2) is 42.5 Å². The molecule has 2 aromatic rings. The largest absolute Gasteiger partial charge is 0.326 e. The molecule has 2 aromatic carbocycles. The highest BCUT2D eigenvalue weighted by Crippen LogP contribution is 2.23. The van der Waals surface area contributed by atoms with Gasteiger partial charge in [-0.1, -0.05) is 43.3 Å². The lowest BCUT2D eigenvalue weighted by Gasteiger charge is -2.06. The normalized spacial score (nSPS) is 10.5. The van der Waals surface area contributed by atoms with Crippen molar-refractivity contribution in [2.24, 2.45) is 5.73 Å². The van der Waals surface area contributed by atoms with Crippen LogP contribution in [-0.4, -0.2) is 0 Å². The van der Waals surface area contributed by atoms with Crippen molar-refractivity contribution >= 4 is 0 Å². The van der Waals surface area contributed by atoms with Gasteiger partial charge in [0, 0.05) is 12.1 Å². The molecule has 2 rings (SSSR count). The van der Waals surface area contributed by atoms with Crippen LogP contribution in [0.3, 0.4) is 0 Å². The van der Waals surface area contributed by atoms with Gasteiger partial charge in [-0.2, -0.15) is 0 Å². The second-order valence-electron chi connectivity index (χ2n) is 4.06. The SMILES string of the molecule is CCc1cccc(-c2ccc(CN)c(F)c2)c1. The van der Waals surface area contributed by atoms with E-state index in [-0.39, 0.29) is 12.4 Å². The molecular formula is C15H16FN. The minimum Gasteiger partial charge on any atom is -0.326 e. The first-order valence-corrected chi connectivity index (χ1v) is 5.82. The van der Waals surface area contributed by atoms with Crippen LogP contribution < -0.4 is 5.73 Å². The van der Waals surface area contributed by atoms with Crippen LogP contribution in [0.2, 0.25) is 0 Å². The Morgan fingerprint density at radius 1 is 1.06 bits per heavy atom. The van der Waals surface area contributed by atoms with Gasteiger partial charge in [0.1, 0.15) is 5.82 Å². The van der Waals surface area contributed by atoms with Gasteiger partial charge in [0.2, 0.25) is 0 Å². The summed E-state index contributed by atoms with van der Waals surface area (Å²) in [6.45, 7) is 2.35. The third-order valence-electron chi connectivity index (χ3n) is 2.94. The highest BCUT2D eigenvalue weighted by atomic mass is 19.1. The molecule has 88 valence electrons. The molecule has 0 aliphatic rings. The average Bonchev–Trinajstić information content (AvgIpc) is 2.38. The lowest BCUT2D eigenvalue weighted by molar-refractivity contribution is 0.611. The summed E-state index contributed by atoms with van der Waals surface area (Å²) in [6.07, 6.45) is 0.983. The minimum atomic E-state index is -0.230. The van der Waals surface area contributed by atoms with Crippen LogP contribution in [0.4, 0.5) is 4.39 Å². The highest BCUT2D eigenvalue weighted by molar-refractivity contribution is 5.64. The maximum absolute atomic E-state index is 13.6. The van der Waals surface area contributed by atoms with Crippen molar-refractivity contribution in [2.45, 2.75) is 19.9 Å². The van der Waals surface area contributed by atoms with Crippen molar-refractivity contribution in [3.05, 3.63) is 59.4 Å². The quantitative estimate of drug-likeness (QED) is 0.856. The molecule has 0 unspecified atom stereocenters. The molecule has 0 saturated carbocycles. The standard InChI is InChI=1S/C15H16FN/c1-2-11-4-3-5-12(8-11)13-6-7-14(10-17)15(16)9-13/h3-9H,2,10,17H2,1H3. The van der Waals surface area contributed by atoms with E-state index in [4.69, 9.17) is 5.73 Å². The molecule has 0 saturated heterocycles. The molecule has 17 heavy (non-hydrogen) atoms. The van der Waals surface area contributed by atoms with Crippen LogP contribution in [0, 0.1) is 5.82 Å². The summed E-state index contributed by atoms with van der Waals surface area (Å²) in [5.74, 6) is -0.230. The van der Waals surface area contributed by atoms with Crippen LogP contribution >= 0.6 is 0 Å². The number of hydrogen-bond donors (Lipinski definition) is 1. The summed E-state index contributed by atoms with van der Waals surface area (Å²) in [7, 11) is 0. The first-order valence-electron chi connectivity index (χ1n) is 5.82. The number of hydrogen-bond acceptors (Lipinski definition) is 1. The fraction of sp³-hybridized carbons (Fsp3) is 0.200. The van der Waals surface area contributed by atoms with Crippen molar-refractivity contribution in [3.63, 3.8) is 0 Å². The third kappa shape index (κ3) is 2.53. The predicted molar refractivity (Wildman–Crippen MR) is 69.1 cm³/mol. The van der Waals surface area contributed by atoms with Crippen LogP contribution in [-0.2, 0) is 13.0 Å². The van der Waals surface area contributed by atoms with Gasteiger partial charge in [-0.3, -0.25) is 0 Å². The fourth-order valence-corrected chi connectivity index (χ4v) is 1.86. The molecule has 2 N–H and O–H groups in total. The first-order chi connectivity index (χ1) is 8.24. The molecule has 0 aromatic heterocycles. The number of halogens is 1. The Morgan fingerprint density at radius 3 is 2.47 bits per heavy atom. The molecule has 0 bridgehead atoms. The fourth-order valence-electron chi connectivity index (χ4n) is 1.86. The van der Waals surface area contributed by atoms with E-state index in [1.807, 2.05) is 18.2 Å². The maximum Gasteiger partial charge on any atom is 0.128 e. The van der Waals surface area contributed by atoms with Crippen molar-refractivity contribution in [3.8, 4) is 11.1 Å². The van der Waals surface area contributed by atoms with E-state index < -0.39 is 0 Å². The Kier molecular flexibility index (Phi) is 3.55. The second kappa shape index (κ2) is 5.11. The minimum absolute atomic E-state index is 0.230. The summed E-state index contributed by atoms with van der Waals surface area (Å²) >= 11 is 0. The smallest absolute Gasteiger partial charge is 0.128 e. The first kappa shape index (κ1) is 11.8. The predicted octanol–water partition coefficient (Wildman–Crippen LogP) is 3.51. The Hall–Kier alpha value is -1.67. The molecule has 2 heteroatoms. The molecule has 0 amide bonds. The molecule has 0 fully saturated rings. The zero-order valence-electron chi connectivity index (χ0n) is 9.91. The van der Waals surface area contributed by atoms with Gasteiger partial charge < -0.3 is 5.73 Å². The summed E-state index contributed by atoms with van der Waals surface area (Å²) in [5.41, 5.74) is 9.20. The maximum atomic E-state index is 13.6. The third-order valence-corrected chi connectivity index (χ3v) is 2.94. The summed E-state index contributed by atoms with van der Waals surface area (Å²) in [5, 5.41) is 0. The number of aryl methyl sites for hydroxylation is 1. The zero-order chi connectivity index (χ0) is 12.3. The van der Waals surface area contributed by atoms with E-state index in [1.54, 1.807) is 12.1 Å². The van der Waals surface area contributed by atoms with Gasteiger partial charge in [-0.25, -0.2) is 4.39 Å². The van der Waals surface area contributed by atoms with Gasteiger partial charge in [0.05, 0.1) is 0 Å². The van der Waals surface area contributed by atoms with Crippen LogP contribution in [0.25, 0.3) is 11.1 Å². The van der Waals surface area contributed by atoms with Crippen molar-refractivity contribution in [1.29, 1.82) is 0 Å². The van der Waals surface area contributed by atoms with E-state index in [0.717, 1.165) is 17.5 Å². The van der Waals surface area contributed by atoms with Crippen LogP contribution in [0.1, 0.15) is 18.1 Å². The molecule has 1 nitrogen and oxygen atoms in total. The molecule has 0 spiro atoms. The van der Waals surface area contributed by atoms with E-state index in [2.05, 4.69) is 19.1 Å². The summed E-state index contributed by atoms with van der Waals surface area (Å²) in [6, 6.07) is 13.4. The van der Waals surface area contributed by atoms with Gasteiger partial charge in [-0.05, 0) is 29.2 Å². The highest BCUT2D eigenvalue weighted by Gasteiger charge is 2.04. The monoisotopic (exact) mass is 229 g/mol. The Bertz CT molecular complexity index is 520.